The van der Waals surface area contributed by atoms with Crippen LogP contribution >= 0.6 is 0 Å². The number of esters is 1. The van der Waals surface area contributed by atoms with E-state index in [-0.39, 0.29) is 18.9 Å². The van der Waals surface area contributed by atoms with E-state index in [1.165, 1.54) is 4.90 Å². The molecule has 2 amide bonds. The third-order valence-corrected chi connectivity index (χ3v) is 6.13. The summed E-state index contributed by atoms with van der Waals surface area (Å²) in [6.45, 7) is 3.64. The van der Waals surface area contributed by atoms with Crippen molar-refractivity contribution in [3.8, 4) is 17.2 Å². The predicted octanol–water partition coefficient (Wildman–Crippen LogP) is 4.64. The molecule has 8 nitrogen and oxygen atoms in total. The fraction of sp³-hybridized carbons (Fsp3) is 0.250. The molecule has 0 aromatic heterocycles. The fourth-order valence-electron chi connectivity index (χ4n) is 3.97. The van der Waals surface area contributed by atoms with Gasteiger partial charge in [-0.2, -0.15) is 0 Å². The summed E-state index contributed by atoms with van der Waals surface area (Å²) in [6, 6.07) is 19.9. The summed E-state index contributed by atoms with van der Waals surface area (Å²) in [7, 11) is 1.57. The van der Waals surface area contributed by atoms with Crippen molar-refractivity contribution >= 4 is 29.2 Å². The van der Waals surface area contributed by atoms with Crippen LogP contribution in [0.5, 0.6) is 17.2 Å². The van der Waals surface area contributed by atoms with Gasteiger partial charge >= 0.3 is 5.97 Å². The van der Waals surface area contributed by atoms with Crippen LogP contribution in [0.4, 0.5) is 11.4 Å². The van der Waals surface area contributed by atoms with Gasteiger partial charge in [0.2, 0.25) is 5.91 Å². The van der Waals surface area contributed by atoms with Crippen molar-refractivity contribution in [1.82, 2.24) is 0 Å². The van der Waals surface area contributed by atoms with Crippen molar-refractivity contribution in [2.75, 3.05) is 30.5 Å². The summed E-state index contributed by atoms with van der Waals surface area (Å²) in [4.78, 5) is 38.9. The van der Waals surface area contributed by atoms with Crippen molar-refractivity contribution in [1.29, 1.82) is 0 Å². The number of rotatable bonds is 8. The van der Waals surface area contributed by atoms with Gasteiger partial charge in [-0.05, 0) is 67.4 Å². The lowest BCUT2D eigenvalue weighted by Gasteiger charge is -2.17. The molecule has 0 spiro atoms. The maximum absolute atomic E-state index is 12.6. The Morgan fingerprint density at radius 2 is 1.69 bits per heavy atom. The number of carbonyl (C=O) groups is 3. The summed E-state index contributed by atoms with van der Waals surface area (Å²) in [6.07, 6.45) is 0.0247. The monoisotopic (exact) mass is 488 g/mol. The number of ether oxygens (including phenoxy) is 3. The summed E-state index contributed by atoms with van der Waals surface area (Å²) < 4.78 is 16.4. The first-order chi connectivity index (χ1) is 17.4. The van der Waals surface area contributed by atoms with Gasteiger partial charge < -0.3 is 24.4 Å². The van der Waals surface area contributed by atoms with Crippen LogP contribution in [0.2, 0.25) is 0 Å². The molecule has 1 N–H and O–H groups in total. The number of nitrogens with zero attached hydrogens (tertiary/aromatic N) is 1. The van der Waals surface area contributed by atoms with Gasteiger partial charge in [-0.15, -0.1) is 0 Å². The number of nitrogens with one attached hydrogen (secondary N) is 1. The highest BCUT2D eigenvalue weighted by atomic mass is 16.5. The van der Waals surface area contributed by atoms with Crippen LogP contribution in [0.1, 0.15) is 17.5 Å². The van der Waals surface area contributed by atoms with E-state index in [2.05, 4.69) is 5.32 Å². The fourth-order valence-corrected chi connectivity index (χ4v) is 3.97. The Morgan fingerprint density at radius 3 is 2.42 bits per heavy atom. The van der Waals surface area contributed by atoms with Crippen LogP contribution < -0.4 is 19.7 Å². The van der Waals surface area contributed by atoms with E-state index in [0.717, 1.165) is 11.1 Å². The molecule has 3 aromatic rings. The van der Waals surface area contributed by atoms with Gasteiger partial charge in [0.15, 0.2) is 18.1 Å². The Bertz CT molecular complexity index is 1270. The molecule has 1 saturated heterocycles. The van der Waals surface area contributed by atoms with Crippen molar-refractivity contribution < 1.29 is 28.6 Å². The van der Waals surface area contributed by atoms with E-state index in [9.17, 15) is 14.4 Å². The Labute approximate surface area is 209 Å². The number of hydrogen-bond donors (Lipinski definition) is 1. The lowest BCUT2D eigenvalue weighted by Crippen LogP contribution is -2.28. The van der Waals surface area contributed by atoms with E-state index in [1.807, 2.05) is 38.1 Å². The van der Waals surface area contributed by atoms with E-state index in [4.69, 9.17) is 14.2 Å². The third-order valence-electron chi connectivity index (χ3n) is 6.13. The minimum atomic E-state index is -0.643. The topological polar surface area (TPSA) is 94.2 Å². The minimum Gasteiger partial charge on any atom is -0.493 e. The number of para-hydroxylation sites is 2. The predicted molar refractivity (Wildman–Crippen MR) is 135 cm³/mol. The zero-order valence-electron chi connectivity index (χ0n) is 20.4. The number of hydrogen-bond acceptors (Lipinski definition) is 6. The van der Waals surface area contributed by atoms with Gasteiger partial charge in [0.25, 0.3) is 5.91 Å². The summed E-state index contributed by atoms with van der Waals surface area (Å²) in [5.74, 6) is -0.0527. The van der Waals surface area contributed by atoms with Crippen LogP contribution in [0, 0.1) is 19.8 Å². The molecule has 8 heteroatoms. The molecule has 0 radical (unpaired) electrons. The molecule has 0 saturated carbocycles. The second-order valence-corrected chi connectivity index (χ2v) is 8.56. The molecule has 186 valence electrons. The first kappa shape index (κ1) is 24.8. The van der Waals surface area contributed by atoms with Crippen LogP contribution in [-0.2, 0) is 19.1 Å². The maximum atomic E-state index is 12.6. The Hall–Kier alpha value is -4.33. The van der Waals surface area contributed by atoms with Gasteiger partial charge in [0.05, 0.1) is 13.0 Å². The van der Waals surface area contributed by atoms with E-state index in [0.29, 0.717) is 28.6 Å². The molecular formula is C28H28N2O6. The minimum absolute atomic E-state index is 0.0247. The highest BCUT2D eigenvalue weighted by molar-refractivity contribution is 6.00. The first-order valence-electron chi connectivity index (χ1n) is 11.6. The van der Waals surface area contributed by atoms with Crippen LogP contribution in [0.3, 0.4) is 0 Å². The molecule has 0 bridgehead atoms. The Morgan fingerprint density at radius 1 is 0.972 bits per heavy atom. The first-order valence-corrected chi connectivity index (χ1v) is 11.6. The summed E-state index contributed by atoms with van der Waals surface area (Å²) in [5, 5.41) is 2.76. The van der Waals surface area contributed by atoms with E-state index < -0.39 is 24.4 Å². The second kappa shape index (κ2) is 10.9. The number of carbonyl (C=O) groups excluding carboxylic acids is 3. The lowest BCUT2D eigenvalue weighted by atomic mass is 10.1. The molecule has 1 aliphatic rings. The number of anilines is 2. The number of methoxy groups -OCH3 is 1. The van der Waals surface area contributed by atoms with Crippen LogP contribution in [0.25, 0.3) is 0 Å². The Kier molecular flexibility index (Phi) is 7.53. The van der Waals surface area contributed by atoms with Gasteiger partial charge in [0.1, 0.15) is 5.75 Å². The van der Waals surface area contributed by atoms with Gasteiger partial charge in [-0.3, -0.25) is 14.4 Å². The average molecular weight is 489 g/mol. The second-order valence-electron chi connectivity index (χ2n) is 8.56. The number of aryl methyl sites for hydroxylation is 1. The largest absolute Gasteiger partial charge is 0.493 e. The summed E-state index contributed by atoms with van der Waals surface area (Å²) >= 11 is 0. The summed E-state index contributed by atoms with van der Waals surface area (Å²) in [5.41, 5.74) is 3.33. The molecule has 4 rings (SSSR count). The lowest BCUT2D eigenvalue weighted by molar-refractivity contribution is -0.151. The van der Waals surface area contributed by atoms with Crippen molar-refractivity contribution in [2.24, 2.45) is 5.92 Å². The molecular weight excluding hydrogens is 460 g/mol. The molecule has 1 aliphatic heterocycles. The third kappa shape index (κ3) is 5.66. The average Bonchev–Trinajstić information content (AvgIpc) is 3.28. The number of benzene rings is 3. The van der Waals surface area contributed by atoms with E-state index in [1.54, 1.807) is 49.6 Å². The SMILES string of the molecule is COc1ccccc1Oc1ccc(N2C[C@H](C(=O)OCC(=O)Nc3cccc(C)c3C)CC2=O)cc1. The highest BCUT2D eigenvalue weighted by Gasteiger charge is 2.36. The molecule has 0 unspecified atom stereocenters. The van der Waals surface area contributed by atoms with Crippen molar-refractivity contribution in [2.45, 2.75) is 20.3 Å². The zero-order chi connectivity index (χ0) is 25.7. The van der Waals surface area contributed by atoms with Crippen LogP contribution in [0.15, 0.2) is 66.7 Å². The molecule has 36 heavy (non-hydrogen) atoms. The molecule has 1 fully saturated rings. The smallest absolute Gasteiger partial charge is 0.311 e. The molecule has 0 aliphatic carbocycles. The quantitative estimate of drug-likeness (QED) is 0.465. The normalized spacial score (nSPS) is 14.9. The molecule has 1 heterocycles. The standard InChI is InChI=1S/C28H28N2O6/c1-18-7-6-8-23(19(18)2)29-26(31)17-35-28(33)20-15-27(32)30(16-20)21-11-13-22(14-12-21)36-25-10-5-4-9-24(25)34-3/h4-14,20H,15-17H2,1-3H3,(H,29,31)/t20-/m1/s1. The van der Waals surface area contributed by atoms with Crippen LogP contribution in [-0.4, -0.2) is 38.0 Å². The molecule has 3 aromatic carbocycles. The number of amides is 2. The molecule has 1 atom stereocenters. The maximum Gasteiger partial charge on any atom is 0.311 e. The zero-order valence-corrected chi connectivity index (χ0v) is 20.4. The van der Waals surface area contributed by atoms with Gasteiger partial charge in [-0.1, -0.05) is 24.3 Å². The van der Waals surface area contributed by atoms with E-state index >= 15 is 0 Å². The highest BCUT2D eigenvalue weighted by Crippen LogP contribution is 2.33. The Balaban J connectivity index is 1.31. The van der Waals surface area contributed by atoms with Gasteiger partial charge in [-0.25, -0.2) is 0 Å². The van der Waals surface area contributed by atoms with Gasteiger partial charge in [0, 0.05) is 24.3 Å². The van der Waals surface area contributed by atoms with Crippen molar-refractivity contribution in [3.05, 3.63) is 77.9 Å². The van der Waals surface area contributed by atoms with Crippen molar-refractivity contribution in [3.63, 3.8) is 0 Å².